The third kappa shape index (κ3) is 4.96. The van der Waals surface area contributed by atoms with E-state index in [1.807, 2.05) is 44.0 Å². The SMILES string of the molecule is CCNC(=O)CN(C)Cc1ccc(C(N)=S)cc1C. The molecule has 0 saturated heterocycles. The van der Waals surface area contributed by atoms with Crippen molar-refractivity contribution < 1.29 is 4.79 Å². The number of hydrogen-bond donors (Lipinski definition) is 2. The van der Waals surface area contributed by atoms with E-state index in [4.69, 9.17) is 18.0 Å². The number of carbonyl (C=O) groups is 1. The molecule has 1 rings (SSSR count). The standard InChI is InChI=1S/C14H21N3OS/c1-4-16-13(18)9-17(3)8-12-6-5-11(14(15)19)7-10(12)2/h5-7H,4,8-9H2,1-3H3,(H2,15,19)(H,16,18). The van der Waals surface area contributed by atoms with Crippen molar-refractivity contribution in [3.05, 3.63) is 34.9 Å². The number of thiocarbonyl (C=S) groups is 1. The molecule has 0 aliphatic rings. The van der Waals surface area contributed by atoms with E-state index in [0.717, 1.165) is 17.7 Å². The van der Waals surface area contributed by atoms with Crippen LogP contribution in [0, 0.1) is 6.92 Å². The largest absolute Gasteiger partial charge is 0.389 e. The number of carbonyl (C=O) groups excluding carboxylic acids is 1. The van der Waals surface area contributed by atoms with Crippen molar-refractivity contribution in [1.29, 1.82) is 0 Å². The number of benzene rings is 1. The first kappa shape index (κ1) is 15.6. The van der Waals surface area contributed by atoms with Crippen LogP contribution in [0.5, 0.6) is 0 Å². The minimum absolute atomic E-state index is 0.0439. The van der Waals surface area contributed by atoms with Crippen LogP contribution in [0.2, 0.25) is 0 Å². The third-order valence-electron chi connectivity index (χ3n) is 2.85. The van der Waals surface area contributed by atoms with Crippen LogP contribution in [0.1, 0.15) is 23.6 Å². The van der Waals surface area contributed by atoms with Gasteiger partial charge < -0.3 is 11.1 Å². The molecule has 1 amide bonds. The highest BCUT2D eigenvalue weighted by Gasteiger charge is 2.08. The maximum absolute atomic E-state index is 11.5. The molecule has 0 fully saturated rings. The third-order valence-corrected chi connectivity index (χ3v) is 3.09. The zero-order valence-electron chi connectivity index (χ0n) is 11.7. The van der Waals surface area contributed by atoms with Gasteiger partial charge in [-0.3, -0.25) is 9.69 Å². The number of likely N-dealkylation sites (N-methyl/N-ethyl adjacent to an activating group) is 2. The Hall–Kier alpha value is -1.46. The molecular weight excluding hydrogens is 258 g/mol. The second kappa shape index (κ2) is 7.21. The maximum Gasteiger partial charge on any atom is 0.234 e. The second-order valence-electron chi connectivity index (χ2n) is 4.63. The first-order valence-corrected chi connectivity index (χ1v) is 6.69. The van der Waals surface area contributed by atoms with Gasteiger partial charge in [0.2, 0.25) is 5.91 Å². The monoisotopic (exact) mass is 279 g/mol. The molecule has 0 spiro atoms. The molecule has 104 valence electrons. The molecule has 19 heavy (non-hydrogen) atoms. The van der Waals surface area contributed by atoms with Crippen molar-refractivity contribution in [2.24, 2.45) is 5.73 Å². The Morgan fingerprint density at radius 3 is 2.68 bits per heavy atom. The Morgan fingerprint density at radius 2 is 2.16 bits per heavy atom. The lowest BCUT2D eigenvalue weighted by Gasteiger charge is -2.17. The van der Waals surface area contributed by atoms with E-state index in [1.165, 1.54) is 5.56 Å². The molecule has 0 aliphatic carbocycles. The van der Waals surface area contributed by atoms with Crippen LogP contribution in [0.25, 0.3) is 0 Å². The van der Waals surface area contributed by atoms with Crippen molar-refractivity contribution in [1.82, 2.24) is 10.2 Å². The van der Waals surface area contributed by atoms with Gasteiger partial charge in [-0.2, -0.15) is 0 Å². The zero-order chi connectivity index (χ0) is 14.4. The number of nitrogens with two attached hydrogens (primary N) is 1. The van der Waals surface area contributed by atoms with E-state index in [-0.39, 0.29) is 5.91 Å². The predicted octanol–water partition coefficient (Wildman–Crippen LogP) is 1.20. The van der Waals surface area contributed by atoms with Crippen LogP contribution < -0.4 is 11.1 Å². The molecule has 0 bridgehead atoms. The Balaban J connectivity index is 2.66. The van der Waals surface area contributed by atoms with Crippen molar-refractivity contribution in [3.63, 3.8) is 0 Å². The fourth-order valence-electron chi connectivity index (χ4n) is 1.87. The van der Waals surface area contributed by atoms with Gasteiger partial charge in [-0.05, 0) is 38.1 Å². The summed E-state index contributed by atoms with van der Waals surface area (Å²) in [6, 6.07) is 5.92. The molecule has 0 heterocycles. The van der Waals surface area contributed by atoms with Crippen LogP contribution in [-0.4, -0.2) is 35.9 Å². The minimum Gasteiger partial charge on any atom is -0.389 e. The lowest BCUT2D eigenvalue weighted by molar-refractivity contribution is -0.121. The van der Waals surface area contributed by atoms with Crippen LogP contribution in [0.15, 0.2) is 18.2 Å². The van der Waals surface area contributed by atoms with Gasteiger partial charge in [-0.15, -0.1) is 0 Å². The van der Waals surface area contributed by atoms with Gasteiger partial charge in [0.25, 0.3) is 0 Å². The molecular formula is C14H21N3OS. The molecule has 0 unspecified atom stereocenters. The minimum atomic E-state index is 0.0439. The van der Waals surface area contributed by atoms with Crippen LogP contribution in [0.3, 0.4) is 0 Å². The highest BCUT2D eigenvalue weighted by Crippen LogP contribution is 2.13. The molecule has 0 atom stereocenters. The van der Waals surface area contributed by atoms with Crippen molar-refractivity contribution >= 4 is 23.1 Å². The molecule has 1 aromatic rings. The lowest BCUT2D eigenvalue weighted by Crippen LogP contribution is -2.34. The number of nitrogens with one attached hydrogen (secondary N) is 1. The topological polar surface area (TPSA) is 58.4 Å². The van der Waals surface area contributed by atoms with Crippen molar-refractivity contribution in [3.8, 4) is 0 Å². The van der Waals surface area contributed by atoms with Crippen molar-refractivity contribution in [2.75, 3.05) is 20.1 Å². The summed E-state index contributed by atoms with van der Waals surface area (Å²) >= 11 is 4.95. The first-order chi connectivity index (χ1) is 8.93. The first-order valence-electron chi connectivity index (χ1n) is 6.28. The summed E-state index contributed by atoms with van der Waals surface area (Å²) < 4.78 is 0. The average Bonchev–Trinajstić information content (AvgIpc) is 2.31. The highest BCUT2D eigenvalue weighted by molar-refractivity contribution is 7.80. The Morgan fingerprint density at radius 1 is 1.47 bits per heavy atom. The van der Waals surface area contributed by atoms with Gasteiger partial charge >= 0.3 is 0 Å². The van der Waals surface area contributed by atoms with Crippen molar-refractivity contribution in [2.45, 2.75) is 20.4 Å². The van der Waals surface area contributed by atoms with Crippen LogP contribution >= 0.6 is 12.2 Å². The summed E-state index contributed by atoms with van der Waals surface area (Å²) in [6.45, 7) is 5.72. The Labute approximate surface area is 120 Å². The Kier molecular flexibility index (Phi) is 5.92. The fraction of sp³-hybridized carbons (Fsp3) is 0.429. The number of nitrogens with zero attached hydrogens (tertiary/aromatic N) is 1. The normalized spacial score (nSPS) is 10.5. The van der Waals surface area contributed by atoms with Gasteiger partial charge in [0, 0.05) is 18.7 Å². The fourth-order valence-corrected chi connectivity index (χ4v) is 2.00. The van der Waals surface area contributed by atoms with Crippen LogP contribution in [-0.2, 0) is 11.3 Å². The molecule has 0 radical (unpaired) electrons. The maximum atomic E-state index is 11.5. The van der Waals surface area contributed by atoms with E-state index >= 15 is 0 Å². The molecule has 0 aromatic heterocycles. The van der Waals surface area contributed by atoms with Gasteiger partial charge in [-0.1, -0.05) is 24.4 Å². The molecule has 0 aliphatic heterocycles. The summed E-state index contributed by atoms with van der Waals surface area (Å²) in [5.41, 5.74) is 8.78. The summed E-state index contributed by atoms with van der Waals surface area (Å²) in [6.07, 6.45) is 0. The van der Waals surface area contributed by atoms with Gasteiger partial charge in [-0.25, -0.2) is 0 Å². The van der Waals surface area contributed by atoms with E-state index in [0.29, 0.717) is 18.1 Å². The average molecular weight is 279 g/mol. The lowest BCUT2D eigenvalue weighted by atomic mass is 10.0. The summed E-state index contributed by atoms with van der Waals surface area (Å²) in [5, 5.41) is 2.79. The number of hydrogen-bond acceptors (Lipinski definition) is 3. The van der Waals surface area contributed by atoms with Gasteiger partial charge in [0.15, 0.2) is 0 Å². The van der Waals surface area contributed by atoms with E-state index < -0.39 is 0 Å². The summed E-state index contributed by atoms with van der Waals surface area (Å²) in [5.74, 6) is 0.0439. The predicted molar refractivity (Wildman–Crippen MR) is 82.1 cm³/mol. The van der Waals surface area contributed by atoms with E-state index in [2.05, 4.69) is 5.32 Å². The second-order valence-corrected chi connectivity index (χ2v) is 5.07. The quantitative estimate of drug-likeness (QED) is 0.768. The molecule has 5 heteroatoms. The highest BCUT2D eigenvalue weighted by atomic mass is 32.1. The smallest absolute Gasteiger partial charge is 0.234 e. The molecule has 0 saturated carbocycles. The number of amides is 1. The van der Waals surface area contributed by atoms with Gasteiger partial charge in [0.1, 0.15) is 4.99 Å². The van der Waals surface area contributed by atoms with Crippen LogP contribution in [0.4, 0.5) is 0 Å². The van der Waals surface area contributed by atoms with Gasteiger partial charge in [0.05, 0.1) is 6.54 Å². The van der Waals surface area contributed by atoms with E-state index in [9.17, 15) is 4.79 Å². The Bertz CT molecular complexity index is 474. The van der Waals surface area contributed by atoms with E-state index in [1.54, 1.807) is 0 Å². The molecule has 3 N–H and O–H groups in total. The summed E-state index contributed by atoms with van der Waals surface area (Å²) in [4.78, 5) is 13.9. The number of rotatable bonds is 6. The zero-order valence-corrected chi connectivity index (χ0v) is 12.5. The summed E-state index contributed by atoms with van der Waals surface area (Å²) in [7, 11) is 1.93. The number of aryl methyl sites for hydroxylation is 1. The molecule has 1 aromatic carbocycles. The molecule has 4 nitrogen and oxygen atoms in total.